The van der Waals surface area contributed by atoms with Crippen LogP contribution in [0.25, 0.3) is 0 Å². The molecular formula is C11H18. The minimum atomic E-state index is 0.878. The molecule has 0 radical (unpaired) electrons. The van der Waals surface area contributed by atoms with Crippen molar-refractivity contribution in [1.29, 1.82) is 0 Å². The zero-order valence-electron chi connectivity index (χ0n) is 7.26. The van der Waals surface area contributed by atoms with Crippen molar-refractivity contribution >= 4 is 0 Å². The molecule has 0 heteroatoms. The zero-order valence-corrected chi connectivity index (χ0v) is 7.26. The van der Waals surface area contributed by atoms with Crippen LogP contribution in [0.15, 0.2) is 24.8 Å². The van der Waals surface area contributed by atoms with Gasteiger partial charge < -0.3 is 0 Å². The summed E-state index contributed by atoms with van der Waals surface area (Å²) in [5.74, 6) is 0.878. The van der Waals surface area contributed by atoms with Crippen molar-refractivity contribution in [2.45, 2.75) is 38.5 Å². The summed E-state index contributed by atoms with van der Waals surface area (Å²) in [7, 11) is 0. The molecule has 0 aromatic rings. The highest BCUT2D eigenvalue weighted by atomic mass is 14.1. The van der Waals surface area contributed by atoms with E-state index in [-0.39, 0.29) is 0 Å². The predicted molar refractivity (Wildman–Crippen MR) is 50.5 cm³/mol. The van der Waals surface area contributed by atoms with Crippen molar-refractivity contribution in [2.75, 3.05) is 0 Å². The second-order valence-electron chi connectivity index (χ2n) is 3.34. The van der Waals surface area contributed by atoms with E-state index in [1.807, 2.05) is 6.08 Å². The molecule has 0 amide bonds. The number of hydrogen-bond acceptors (Lipinski definition) is 0. The maximum Gasteiger partial charge on any atom is -0.0233 e. The lowest BCUT2D eigenvalue weighted by Crippen LogP contribution is -1.99. The molecular weight excluding hydrogens is 132 g/mol. The Bertz CT molecular complexity index is 133. The molecule has 0 spiro atoms. The molecule has 0 N–H and O–H groups in total. The SMILES string of the molecule is C=CCCC[C@@H]1C=CCCC1. The molecule has 0 aliphatic heterocycles. The van der Waals surface area contributed by atoms with E-state index >= 15 is 0 Å². The highest BCUT2D eigenvalue weighted by Gasteiger charge is 2.06. The zero-order chi connectivity index (χ0) is 7.94. The third-order valence-corrected chi connectivity index (χ3v) is 2.34. The van der Waals surface area contributed by atoms with Crippen LogP contribution in [0.2, 0.25) is 0 Å². The van der Waals surface area contributed by atoms with Crippen molar-refractivity contribution in [1.82, 2.24) is 0 Å². The fraction of sp³-hybridized carbons (Fsp3) is 0.636. The highest BCUT2D eigenvalue weighted by molar-refractivity contribution is 4.92. The van der Waals surface area contributed by atoms with E-state index in [0.29, 0.717) is 0 Å². The molecule has 1 aliphatic carbocycles. The van der Waals surface area contributed by atoms with Crippen molar-refractivity contribution in [3.8, 4) is 0 Å². The van der Waals surface area contributed by atoms with E-state index in [1.165, 1.54) is 38.5 Å². The summed E-state index contributed by atoms with van der Waals surface area (Å²) >= 11 is 0. The standard InChI is InChI=1S/C11H18/c1-2-3-5-8-11-9-6-4-7-10-11/h2,6,9,11H,1,3-5,7-8,10H2/t11-/m1/s1. The average molecular weight is 150 g/mol. The van der Waals surface area contributed by atoms with Crippen LogP contribution < -0.4 is 0 Å². The van der Waals surface area contributed by atoms with Gasteiger partial charge in [-0.2, -0.15) is 0 Å². The Morgan fingerprint density at radius 2 is 2.45 bits per heavy atom. The van der Waals surface area contributed by atoms with Gasteiger partial charge in [0.05, 0.1) is 0 Å². The fourth-order valence-electron chi connectivity index (χ4n) is 1.65. The lowest BCUT2D eigenvalue weighted by atomic mass is 9.91. The van der Waals surface area contributed by atoms with Crippen molar-refractivity contribution in [3.63, 3.8) is 0 Å². The molecule has 0 unspecified atom stereocenters. The molecule has 0 saturated heterocycles. The Hall–Kier alpha value is -0.520. The summed E-state index contributed by atoms with van der Waals surface area (Å²) < 4.78 is 0. The molecule has 11 heavy (non-hydrogen) atoms. The summed E-state index contributed by atoms with van der Waals surface area (Å²) in [4.78, 5) is 0. The van der Waals surface area contributed by atoms with E-state index in [1.54, 1.807) is 0 Å². The molecule has 1 aliphatic rings. The van der Waals surface area contributed by atoms with Crippen LogP contribution in [-0.2, 0) is 0 Å². The topological polar surface area (TPSA) is 0 Å². The molecule has 1 atom stereocenters. The number of hydrogen-bond donors (Lipinski definition) is 0. The largest absolute Gasteiger partial charge is 0.103 e. The highest BCUT2D eigenvalue weighted by Crippen LogP contribution is 2.21. The smallest absolute Gasteiger partial charge is 0.0233 e. The molecule has 0 fully saturated rings. The Morgan fingerprint density at radius 1 is 1.55 bits per heavy atom. The quantitative estimate of drug-likeness (QED) is 0.423. The molecule has 0 bridgehead atoms. The minimum Gasteiger partial charge on any atom is -0.103 e. The number of rotatable bonds is 4. The molecule has 0 aromatic heterocycles. The first-order valence-corrected chi connectivity index (χ1v) is 4.71. The maximum atomic E-state index is 3.73. The average Bonchev–Trinajstić information content (AvgIpc) is 2.07. The molecule has 0 heterocycles. The van der Waals surface area contributed by atoms with Crippen LogP contribution in [0.1, 0.15) is 38.5 Å². The van der Waals surface area contributed by atoms with Crippen LogP contribution in [0.3, 0.4) is 0 Å². The van der Waals surface area contributed by atoms with E-state index < -0.39 is 0 Å². The van der Waals surface area contributed by atoms with Gasteiger partial charge in [0, 0.05) is 0 Å². The van der Waals surface area contributed by atoms with Gasteiger partial charge >= 0.3 is 0 Å². The van der Waals surface area contributed by atoms with E-state index in [0.717, 1.165) is 5.92 Å². The van der Waals surface area contributed by atoms with Crippen LogP contribution in [0, 0.1) is 5.92 Å². The van der Waals surface area contributed by atoms with Gasteiger partial charge in [-0.3, -0.25) is 0 Å². The van der Waals surface area contributed by atoms with Gasteiger partial charge in [0.15, 0.2) is 0 Å². The number of unbranched alkanes of at least 4 members (excludes halogenated alkanes) is 1. The van der Waals surface area contributed by atoms with Crippen LogP contribution in [0.4, 0.5) is 0 Å². The molecule has 62 valence electrons. The lowest BCUT2D eigenvalue weighted by Gasteiger charge is -2.14. The molecule has 0 aromatic carbocycles. The summed E-state index contributed by atoms with van der Waals surface area (Å²) in [6.07, 6.45) is 14.7. The van der Waals surface area contributed by atoms with E-state index in [2.05, 4.69) is 18.7 Å². The van der Waals surface area contributed by atoms with Crippen LogP contribution >= 0.6 is 0 Å². The maximum absolute atomic E-state index is 3.73. The first-order chi connectivity index (χ1) is 5.43. The Balaban J connectivity index is 2.09. The first-order valence-electron chi connectivity index (χ1n) is 4.71. The van der Waals surface area contributed by atoms with Crippen LogP contribution in [-0.4, -0.2) is 0 Å². The minimum absolute atomic E-state index is 0.878. The molecule has 0 saturated carbocycles. The van der Waals surface area contributed by atoms with Crippen LogP contribution in [0.5, 0.6) is 0 Å². The van der Waals surface area contributed by atoms with Gasteiger partial charge in [0.2, 0.25) is 0 Å². The normalized spacial score (nSPS) is 23.5. The Morgan fingerprint density at radius 3 is 3.09 bits per heavy atom. The summed E-state index contributed by atoms with van der Waals surface area (Å²) in [5.41, 5.74) is 0. The second-order valence-corrected chi connectivity index (χ2v) is 3.34. The van der Waals surface area contributed by atoms with Gasteiger partial charge in [0.25, 0.3) is 0 Å². The predicted octanol–water partition coefficient (Wildman–Crippen LogP) is 3.70. The molecule has 0 nitrogen and oxygen atoms in total. The lowest BCUT2D eigenvalue weighted by molar-refractivity contribution is 0.491. The summed E-state index contributed by atoms with van der Waals surface area (Å²) in [6.45, 7) is 3.73. The first kappa shape index (κ1) is 8.58. The van der Waals surface area contributed by atoms with E-state index in [9.17, 15) is 0 Å². The van der Waals surface area contributed by atoms with Gasteiger partial charge in [-0.15, -0.1) is 6.58 Å². The Labute approximate surface area is 70.0 Å². The third kappa shape index (κ3) is 3.41. The van der Waals surface area contributed by atoms with Gasteiger partial charge in [-0.05, 0) is 44.4 Å². The van der Waals surface area contributed by atoms with Crippen molar-refractivity contribution in [3.05, 3.63) is 24.8 Å². The van der Waals surface area contributed by atoms with Crippen molar-refractivity contribution in [2.24, 2.45) is 5.92 Å². The van der Waals surface area contributed by atoms with Gasteiger partial charge in [-0.1, -0.05) is 18.2 Å². The summed E-state index contributed by atoms with van der Waals surface area (Å²) in [6, 6.07) is 0. The number of allylic oxidation sites excluding steroid dienone is 3. The van der Waals surface area contributed by atoms with Crippen molar-refractivity contribution < 1.29 is 0 Å². The molecule has 1 rings (SSSR count). The monoisotopic (exact) mass is 150 g/mol. The van der Waals surface area contributed by atoms with E-state index in [4.69, 9.17) is 0 Å². The Kier molecular flexibility index (Phi) is 4.03. The third-order valence-electron chi connectivity index (χ3n) is 2.34. The fourth-order valence-corrected chi connectivity index (χ4v) is 1.65. The van der Waals surface area contributed by atoms with Gasteiger partial charge in [-0.25, -0.2) is 0 Å². The van der Waals surface area contributed by atoms with Gasteiger partial charge in [0.1, 0.15) is 0 Å². The second kappa shape index (κ2) is 5.17. The summed E-state index contributed by atoms with van der Waals surface area (Å²) in [5, 5.41) is 0.